The van der Waals surface area contributed by atoms with Crippen LogP contribution in [0.4, 0.5) is 0 Å². The van der Waals surface area contributed by atoms with Crippen molar-refractivity contribution in [2.75, 3.05) is 7.05 Å². The molecule has 0 heterocycles. The molecule has 1 aliphatic rings. The summed E-state index contributed by atoms with van der Waals surface area (Å²) in [5.74, 6) is 1.78. The first-order chi connectivity index (χ1) is 6.26. The van der Waals surface area contributed by atoms with Crippen LogP contribution in [0.25, 0.3) is 0 Å². The van der Waals surface area contributed by atoms with Crippen molar-refractivity contribution in [3.05, 3.63) is 0 Å². The van der Waals surface area contributed by atoms with E-state index in [1.807, 2.05) is 0 Å². The van der Waals surface area contributed by atoms with E-state index in [2.05, 4.69) is 12.2 Å². The van der Waals surface area contributed by atoms with Crippen LogP contribution in [0.2, 0.25) is 0 Å². The number of hydrogen-bond donors (Lipinski definition) is 1. The Hall–Kier alpha value is -0.530. The van der Waals surface area contributed by atoms with Gasteiger partial charge < -0.3 is 5.32 Å². The van der Waals surface area contributed by atoms with E-state index in [4.69, 9.17) is 0 Å². The largest absolute Gasteiger partial charge is 0.359 e. The van der Waals surface area contributed by atoms with E-state index in [9.17, 15) is 4.79 Å². The van der Waals surface area contributed by atoms with Crippen molar-refractivity contribution in [2.45, 2.75) is 45.4 Å². The second kappa shape index (κ2) is 5.25. The summed E-state index contributed by atoms with van der Waals surface area (Å²) in [5, 5.41) is 2.70. The highest BCUT2D eigenvalue weighted by atomic mass is 16.1. The first-order valence-corrected chi connectivity index (χ1v) is 5.46. The molecule has 2 heteroatoms. The Balaban J connectivity index is 2.20. The number of carbonyl (C=O) groups is 1. The monoisotopic (exact) mass is 183 g/mol. The summed E-state index contributed by atoms with van der Waals surface area (Å²) in [5.41, 5.74) is 0. The Morgan fingerprint density at radius 1 is 1.38 bits per heavy atom. The Morgan fingerprint density at radius 2 is 2.08 bits per heavy atom. The highest BCUT2D eigenvalue weighted by Crippen LogP contribution is 2.35. The summed E-state index contributed by atoms with van der Waals surface area (Å²) in [6.45, 7) is 2.24. The first kappa shape index (κ1) is 10.6. The van der Waals surface area contributed by atoms with E-state index in [1.165, 1.54) is 32.1 Å². The van der Waals surface area contributed by atoms with Gasteiger partial charge in [-0.25, -0.2) is 0 Å². The zero-order chi connectivity index (χ0) is 9.68. The smallest absolute Gasteiger partial charge is 0.220 e. The predicted octanol–water partition coefficient (Wildman–Crippen LogP) is 2.34. The Labute approximate surface area is 81.1 Å². The van der Waals surface area contributed by atoms with Crippen LogP contribution in [0.3, 0.4) is 0 Å². The second-order valence-electron chi connectivity index (χ2n) is 4.21. The number of carbonyl (C=O) groups excluding carboxylic acids is 1. The molecule has 0 aromatic carbocycles. The maximum absolute atomic E-state index is 11.1. The summed E-state index contributed by atoms with van der Waals surface area (Å²) in [4.78, 5) is 11.1. The molecule has 1 rings (SSSR count). The van der Waals surface area contributed by atoms with Crippen molar-refractivity contribution in [3.63, 3.8) is 0 Å². The molecule has 13 heavy (non-hydrogen) atoms. The highest BCUT2D eigenvalue weighted by Gasteiger charge is 2.25. The average molecular weight is 183 g/mol. The fourth-order valence-electron chi connectivity index (χ4n) is 2.40. The van der Waals surface area contributed by atoms with Gasteiger partial charge in [0.2, 0.25) is 5.91 Å². The van der Waals surface area contributed by atoms with Gasteiger partial charge in [0.25, 0.3) is 0 Å². The number of nitrogens with one attached hydrogen (secondary N) is 1. The molecule has 0 radical (unpaired) electrons. The van der Waals surface area contributed by atoms with Gasteiger partial charge in [-0.1, -0.05) is 26.2 Å². The molecule has 1 saturated carbocycles. The van der Waals surface area contributed by atoms with Gasteiger partial charge in [-0.3, -0.25) is 4.79 Å². The minimum atomic E-state index is 0.210. The molecular formula is C11H21NO. The lowest BCUT2D eigenvalue weighted by Gasteiger charge is -2.09. The molecule has 0 aromatic heterocycles. The van der Waals surface area contributed by atoms with Crippen LogP contribution < -0.4 is 5.32 Å². The summed E-state index contributed by atoms with van der Waals surface area (Å²) in [6, 6.07) is 0. The number of amides is 1. The first-order valence-electron chi connectivity index (χ1n) is 5.46. The number of rotatable bonds is 4. The minimum absolute atomic E-state index is 0.210. The Morgan fingerprint density at radius 3 is 2.69 bits per heavy atom. The van der Waals surface area contributed by atoms with Gasteiger partial charge in [0.05, 0.1) is 0 Å². The van der Waals surface area contributed by atoms with E-state index >= 15 is 0 Å². The third-order valence-electron chi connectivity index (χ3n) is 3.10. The van der Waals surface area contributed by atoms with Crippen LogP contribution in [0, 0.1) is 11.8 Å². The minimum Gasteiger partial charge on any atom is -0.359 e. The second-order valence-corrected chi connectivity index (χ2v) is 4.21. The van der Waals surface area contributed by atoms with Crippen molar-refractivity contribution in [2.24, 2.45) is 11.8 Å². The maximum Gasteiger partial charge on any atom is 0.220 e. The van der Waals surface area contributed by atoms with Crippen molar-refractivity contribution in [1.29, 1.82) is 0 Å². The zero-order valence-electron chi connectivity index (χ0n) is 8.81. The fraction of sp³-hybridized carbons (Fsp3) is 0.909. The molecule has 0 spiro atoms. The topological polar surface area (TPSA) is 29.1 Å². The van der Waals surface area contributed by atoms with Crippen molar-refractivity contribution in [1.82, 2.24) is 5.32 Å². The van der Waals surface area contributed by atoms with Crippen molar-refractivity contribution < 1.29 is 4.79 Å². The molecule has 0 saturated heterocycles. The molecule has 0 bridgehead atoms. The normalized spacial score (nSPS) is 27.5. The van der Waals surface area contributed by atoms with Crippen LogP contribution in [0.15, 0.2) is 0 Å². The van der Waals surface area contributed by atoms with E-state index in [0.717, 1.165) is 12.3 Å². The molecule has 2 atom stereocenters. The third-order valence-corrected chi connectivity index (χ3v) is 3.10. The fourth-order valence-corrected chi connectivity index (χ4v) is 2.40. The molecule has 0 aromatic rings. The van der Waals surface area contributed by atoms with Gasteiger partial charge in [0, 0.05) is 13.5 Å². The summed E-state index contributed by atoms with van der Waals surface area (Å²) >= 11 is 0. The van der Waals surface area contributed by atoms with E-state index in [0.29, 0.717) is 5.92 Å². The molecule has 2 nitrogen and oxygen atoms in total. The van der Waals surface area contributed by atoms with Crippen LogP contribution in [-0.4, -0.2) is 13.0 Å². The number of hydrogen-bond acceptors (Lipinski definition) is 1. The van der Waals surface area contributed by atoms with Crippen LogP contribution in [0.5, 0.6) is 0 Å². The van der Waals surface area contributed by atoms with Gasteiger partial charge in [-0.05, 0) is 24.7 Å². The van der Waals surface area contributed by atoms with Crippen molar-refractivity contribution in [3.8, 4) is 0 Å². The standard InChI is InChI=1S/C11H21NO/c1-3-4-9-5-6-10(7-9)8-11(13)12-2/h9-10H,3-8H2,1-2H3,(H,12,13)/t9-,10+/m1/s1. The molecule has 1 fully saturated rings. The summed E-state index contributed by atoms with van der Waals surface area (Å²) < 4.78 is 0. The molecule has 1 N–H and O–H groups in total. The lowest BCUT2D eigenvalue weighted by molar-refractivity contribution is -0.121. The van der Waals surface area contributed by atoms with E-state index < -0.39 is 0 Å². The summed E-state index contributed by atoms with van der Waals surface area (Å²) in [7, 11) is 1.72. The molecule has 1 aliphatic carbocycles. The Kier molecular flexibility index (Phi) is 4.26. The van der Waals surface area contributed by atoms with E-state index in [-0.39, 0.29) is 5.91 Å². The maximum atomic E-state index is 11.1. The van der Waals surface area contributed by atoms with Crippen LogP contribution in [0.1, 0.15) is 45.4 Å². The lowest BCUT2D eigenvalue weighted by atomic mass is 9.98. The van der Waals surface area contributed by atoms with Crippen molar-refractivity contribution >= 4 is 5.91 Å². The zero-order valence-corrected chi connectivity index (χ0v) is 8.81. The van der Waals surface area contributed by atoms with Crippen LogP contribution in [-0.2, 0) is 4.79 Å². The predicted molar refractivity (Wildman–Crippen MR) is 54.4 cm³/mol. The molecule has 0 aliphatic heterocycles. The van der Waals surface area contributed by atoms with E-state index in [1.54, 1.807) is 7.05 Å². The Bertz CT molecular complexity index is 167. The van der Waals surface area contributed by atoms with Gasteiger partial charge in [-0.15, -0.1) is 0 Å². The van der Waals surface area contributed by atoms with Gasteiger partial charge in [0.15, 0.2) is 0 Å². The van der Waals surface area contributed by atoms with Gasteiger partial charge >= 0.3 is 0 Å². The quantitative estimate of drug-likeness (QED) is 0.712. The van der Waals surface area contributed by atoms with Gasteiger partial charge in [0.1, 0.15) is 0 Å². The lowest BCUT2D eigenvalue weighted by Crippen LogP contribution is -2.20. The molecule has 0 unspecified atom stereocenters. The molecule has 76 valence electrons. The average Bonchev–Trinajstić information content (AvgIpc) is 2.53. The van der Waals surface area contributed by atoms with Gasteiger partial charge in [-0.2, -0.15) is 0 Å². The molecule has 1 amide bonds. The highest BCUT2D eigenvalue weighted by molar-refractivity contribution is 5.75. The molecular weight excluding hydrogens is 162 g/mol. The SMILES string of the molecule is CCC[C@@H]1CC[C@H](CC(=O)NC)C1. The van der Waals surface area contributed by atoms with Crippen LogP contribution >= 0.6 is 0 Å². The third kappa shape index (κ3) is 3.37. The summed E-state index contributed by atoms with van der Waals surface area (Å²) in [6.07, 6.45) is 7.27.